The van der Waals surface area contributed by atoms with E-state index in [4.69, 9.17) is 0 Å². The van der Waals surface area contributed by atoms with E-state index in [9.17, 15) is 8.28 Å². The van der Waals surface area contributed by atoms with Gasteiger partial charge < -0.3 is 10.2 Å². The largest absolute Gasteiger partial charge is 0.384 e. The van der Waals surface area contributed by atoms with E-state index in [-0.39, 0.29) is 17.0 Å². The van der Waals surface area contributed by atoms with Crippen molar-refractivity contribution in [2.24, 2.45) is 0 Å². The molecule has 1 rings (SSSR count). The molecule has 0 atom stereocenters. The molecule has 0 aliphatic heterocycles. The van der Waals surface area contributed by atoms with Crippen LogP contribution in [0.3, 0.4) is 0 Å². The first kappa shape index (κ1) is 16.2. The lowest BCUT2D eigenvalue weighted by Crippen LogP contribution is -2.20. The van der Waals surface area contributed by atoms with E-state index in [1.807, 2.05) is 32.8 Å². The van der Waals surface area contributed by atoms with Crippen LogP contribution in [0.1, 0.15) is 13.8 Å². The molecule has 0 fully saturated rings. The van der Waals surface area contributed by atoms with Gasteiger partial charge in [-0.25, -0.2) is 4.39 Å². The fourth-order valence-electron chi connectivity index (χ4n) is 1.13. The van der Waals surface area contributed by atoms with Gasteiger partial charge in [0.25, 0.3) is 0 Å². The van der Waals surface area contributed by atoms with E-state index >= 15 is 0 Å². The minimum Gasteiger partial charge on any atom is -0.384 e. The van der Waals surface area contributed by atoms with Crippen LogP contribution in [0.2, 0.25) is 0 Å². The second-order valence-electron chi connectivity index (χ2n) is 3.48. The Bertz CT molecular complexity index is 319. The third-order valence-corrected chi connectivity index (χ3v) is 2.26. The summed E-state index contributed by atoms with van der Waals surface area (Å²) in [6.07, 6.45) is 0. The molecule has 5 heteroatoms. The highest BCUT2D eigenvalue weighted by Crippen LogP contribution is 2.23. The van der Waals surface area contributed by atoms with Crippen LogP contribution in [-0.4, -0.2) is 32.1 Å². The van der Waals surface area contributed by atoms with Gasteiger partial charge >= 0.3 is 0 Å². The van der Waals surface area contributed by atoms with Gasteiger partial charge in [0.2, 0.25) is 0 Å². The zero-order valence-corrected chi connectivity index (χ0v) is 11.6. The maximum absolute atomic E-state index is 13.0. The molecule has 0 unspecified atom stereocenters. The second kappa shape index (κ2) is 9.24. The minimum absolute atomic E-state index is 0.0465. The van der Waals surface area contributed by atoms with E-state index < -0.39 is 5.82 Å². The second-order valence-corrected chi connectivity index (χ2v) is 4.11. The monoisotopic (exact) mass is 262 g/mol. The summed E-state index contributed by atoms with van der Waals surface area (Å²) in [7, 11) is 3.91. The normalized spacial score (nSPS) is 9.82. The van der Waals surface area contributed by atoms with E-state index in [2.05, 4.69) is 5.32 Å². The molecule has 0 aliphatic carbocycles. The van der Waals surface area contributed by atoms with Crippen molar-refractivity contribution in [1.29, 1.82) is 0 Å². The molecular formula is C12H20F2N2S. The van der Waals surface area contributed by atoms with Gasteiger partial charge in [0.15, 0.2) is 0 Å². The number of benzene rings is 1. The third kappa shape index (κ3) is 7.18. The lowest BCUT2D eigenvalue weighted by Gasteiger charge is -2.11. The van der Waals surface area contributed by atoms with Crippen molar-refractivity contribution in [2.75, 3.05) is 32.5 Å². The van der Waals surface area contributed by atoms with Gasteiger partial charge in [-0.2, -0.15) is 3.89 Å². The standard InChI is InChI=1S/C10H14F2N2S.C2H6/c1-14(2)4-3-13-9-5-8(11)6-10(7-9)15-12;1-2/h5-7,13H,3-4H2,1-2H3;1-2H3. The molecule has 0 aromatic heterocycles. The highest BCUT2D eigenvalue weighted by molar-refractivity contribution is 7.94. The highest BCUT2D eigenvalue weighted by Gasteiger charge is 2.01. The number of halogens is 2. The Balaban J connectivity index is 0.00000121. The molecule has 98 valence electrons. The lowest BCUT2D eigenvalue weighted by molar-refractivity contribution is 0.425. The summed E-state index contributed by atoms with van der Waals surface area (Å²) in [6.45, 7) is 5.54. The molecule has 0 spiro atoms. The molecule has 0 saturated carbocycles. The number of hydrogen-bond donors (Lipinski definition) is 1. The van der Waals surface area contributed by atoms with Crippen molar-refractivity contribution < 1.29 is 8.28 Å². The fraction of sp³-hybridized carbons (Fsp3) is 0.500. The van der Waals surface area contributed by atoms with Crippen LogP contribution in [0.4, 0.5) is 14.0 Å². The zero-order valence-electron chi connectivity index (χ0n) is 10.8. The minimum atomic E-state index is -0.426. The Morgan fingerprint density at radius 2 is 1.88 bits per heavy atom. The molecule has 0 radical (unpaired) electrons. The van der Waals surface area contributed by atoms with Crippen molar-refractivity contribution in [2.45, 2.75) is 18.7 Å². The molecule has 0 aliphatic rings. The van der Waals surface area contributed by atoms with E-state index in [0.717, 1.165) is 6.54 Å². The SMILES string of the molecule is CC.CN(C)CCNc1cc(F)cc(SF)c1. The molecule has 1 N–H and O–H groups in total. The van der Waals surface area contributed by atoms with E-state index in [0.29, 0.717) is 12.2 Å². The zero-order chi connectivity index (χ0) is 13.3. The number of anilines is 1. The summed E-state index contributed by atoms with van der Waals surface area (Å²) < 4.78 is 25.2. The van der Waals surface area contributed by atoms with Crippen molar-refractivity contribution in [3.8, 4) is 0 Å². The Hall–Kier alpha value is -0.810. The van der Waals surface area contributed by atoms with Gasteiger partial charge in [0.05, 0.1) is 12.1 Å². The first-order valence-corrected chi connectivity index (χ1v) is 6.31. The van der Waals surface area contributed by atoms with Gasteiger partial charge in [-0.1, -0.05) is 13.8 Å². The Morgan fingerprint density at radius 1 is 1.24 bits per heavy atom. The molecular weight excluding hydrogens is 242 g/mol. The maximum Gasteiger partial charge on any atom is 0.126 e. The Morgan fingerprint density at radius 3 is 2.41 bits per heavy atom. The first-order valence-electron chi connectivity index (χ1n) is 5.59. The lowest BCUT2D eigenvalue weighted by atomic mass is 10.3. The molecule has 2 nitrogen and oxygen atoms in total. The van der Waals surface area contributed by atoms with E-state index in [1.165, 1.54) is 12.1 Å². The topological polar surface area (TPSA) is 15.3 Å². The average Bonchev–Trinajstić information content (AvgIpc) is 2.30. The molecule has 1 aromatic carbocycles. The van der Waals surface area contributed by atoms with Crippen LogP contribution in [0, 0.1) is 5.82 Å². The molecule has 0 saturated heterocycles. The number of rotatable bonds is 5. The van der Waals surface area contributed by atoms with Crippen LogP contribution >= 0.6 is 12.1 Å². The quantitative estimate of drug-likeness (QED) is 0.869. The molecule has 17 heavy (non-hydrogen) atoms. The van der Waals surface area contributed by atoms with Gasteiger partial charge in [-0.05, 0) is 32.3 Å². The number of hydrogen-bond acceptors (Lipinski definition) is 3. The van der Waals surface area contributed by atoms with Crippen molar-refractivity contribution in [3.63, 3.8) is 0 Å². The average molecular weight is 262 g/mol. The van der Waals surface area contributed by atoms with Crippen LogP contribution in [0.25, 0.3) is 0 Å². The molecule has 0 bridgehead atoms. The van der Waals surface area contributed by atoms with Gasteiger partial charge in [-0.15, -0.1) is 0 Å². The van der Waals surface area contributed by atoms with Crippen LogP contribution < -0.4 is 5.32 Å². The van der Waals surface area contributed by atoms with Gasteiger partial charge in [-0.3, -0.25) is 0 Å². The maximum atomic E-state index is 13.0. The summed E-state index contributed by atoms with van der Waals surface area (Å²) >= 11 is 0.0465. The number of nitrogens with one attached hydrogen (secondary N) is 1. The summed E-state index contributed by atoms with van der Waals surface area (Å²) in [4.78, 5) is 2.29. The number of likely N-dealkylation sites (N-methyl/N-ethyl adjacent to an activating group) is 1. The van der Waals surface area contributed by atoms with Crippen molar-refractivity contribution in [1.82, 2.24) is 4.90 Å². The van der Waals surface area contributed by atoms with Gasteiger partial charge in [0, 0.05) is 23.7 Å². The predicted molar refractivity (Wildman–Crippen MR) is 71.8 cm³/mol. The fourth-order valence-corrected chi connectivity index (χ4v) is 1.46. The Kier molecular flexibility index (Phi) is 8.80. The first-order chi connectivity index (χ1) is 8.11. The highest BCUT2D eigenvalue weighted by atomic mass is 32.2. The van der Waals surface area contributed by atoms with Crippen LogP contribution in [0.5, 0.6) is 0 Å². The number of nitrogens with zero attached hydrogens (tertiary/aromatic N) is 1. The van der Waals surface area contributed by atoms with Crippen molar-refractivity contribution >= 4 is 17.8 Å². The smallest absolute Gasteiger partial charge is 0.126 e. The summed E-state index contributed by atoms with van der Waals surface area (Å²) in [5.74, 6) is -0.426. The predicted octanol–water partition coefficient (Wildman–Crippen LogP) is 3.80. The summed E-state index contributed by atoms with van der Waals surface area (Å²) in [6, 6.07) is 4.11. The third-order valence-electron chi connectivity index (χ3n) is 1.85. The van der Waals surface area contributed by atoms with Crippen LogP contribution in [-0.2, 0) is 0 Å². The molecule has 0 amide bonds. The molecule has 1 aromatic rings. The Labute approximate surface area is 107 Å². The summed E-state index contributed by atoms with van der Waals surface area (Å²) in [5, 5.41) is 3.03. The van der Waals surface area contributed by atoms with Crippen molar-refractivity contribution in [3.05, 3.63) is 24.0 Å². The summed E-state index contributed by atoms with van der Waals surface area (Å²) in [5.41, 5.74) is 0.608. The van der Waals surface area contributed by atoms with E-state index in [1.54, 1.807) is 6.07 Å². The molecule has 0 heterocycles. The van der Waals surface area contributed by atoms with Gasteiger partial charge in [0.1, 0.15) is 5.82 Å². The van der Waals surface area contributed by atoms with Crippen LogP contribution in [0.15, 0.2) is 23.1 Å².